The lowest BCUT2D eigenvalue weighted by atomic mass is 10.1. The van der Waals surface area contributed by atoms with Gasteiger partial charge in [-0.05, 0) is 30.8 Å². The van der Waals surface area contributed by atoms with Gasteiger partial charge in [0.1, 0.15) is 6.04 Å². The summed E-state index contributed by atoms with van der Waals surface area (Å²) >= 11 is 0. The molecule has 0 aliphatic carbocycles. The van der Waals surface area contributed by atoms with E-state index in [-0.39, 0.29) is 5.97 Å². The first-order valence-electron chi connectivity index (χ1n) is 8.26. The predicted molar refractivity (Wildman–Crippen MR) is 98.8 cm³/mol. The standard InChI is InChI=1S/C20H19N3O2/c1-21-18(10-13-11-22-16-8-4-2-6-14(13)16)20(24)25-19-12-23-17-9-5-3-7-15(17)19/h2-9,11-12,18,21-23H,10H2,1H3/t18-/m0/s1. The molecule has 0 spiro atoms. The van der Waals surface area contributed by atoms with Crippen molar-refractivity contribution in [3.05, 3.63) is 66.5 Å². The number of hydrogen-bond acceptors (Lipinski definition) is 3. The summed E-state index contributed by atoms with van der Waals surface area (Å²) in [5.74, 6) is 0.261. The molecule has 3 N–H and O–H groups in total. The Hall–Kier alpha value is -3.05. The van der Waals surface area contributed by atoms with E-state index in [1.54, 1.807) is 13.2 Å². The zero-order valence-electron chi connectivity index (χ0n) is 13.9. The fraction of sp³-hybridized carbons (Fsp3) is 0.150. The number of nitrogens with one attached hydrogen (secondary N) is 3. The van der Waals surface area contributed by atoms with Gasteiger partial charge < -0.3 is 20.0 Å². The van der Waals surface area contributed by atoms with Gasteiger partial charge in [0, 0.05) is 40.6 Å². The maximum absolute atomic E-state index is 12.6. The Morgan fingerprint density at radius 2 is 1.64 bits per heavy atom. The van der Waals surface area contributed by atoms with Crippen LogP contribution in [0.1, 0.15) is 5.56 Å². The van der Waals surface area contributed by atoms with Crippen LogP contribution in [-0.4, -0.2) is 29.0 Å². The van der Waals surface area contributed by atoms with E-state index in [0.29, 0.717) is 12.2 Å². The summed E-state index contributed by atoms with van der Waals surface area (Å²) in [6.45, 7) is 0. The second kappa shape index (κ2) is 6.45. The fourth-order valence-electron chi connectivity index (χ4n) is 3.13. The molecule has 2 aromatic heterocycles. The quantitative estimate of drug-likeness (QED) is 0.490. The minimum Gasteiger partial charge on any atom is -0.423 e. The average molecular weight is 333 g/mol. The maximum Gasteiger partial charge on any atom is 0.328 e. The van der Waals surface area contributed by atoms with Crippen molar-refractivity contribution in [2.45, 2.75) is 12.5 Å². The van der Waals surface area contributed by atoms with Gasteiger partial charge in [0.15, 0.2) is 5.75 Å². The SMILES string of the molecule is CN[C@@H](Cc1c[nH]c2ccccc12)C(=O)Oc1c[nH]c2ccccc12. The topological polar surface area (TPSA) is 69.9 Å². The molecular formula is C20H19N3O2. The second-order valence-corrected chi connectivity index (χ2v) is 6.02. The van der Waals surface area contributed by atoms with Gasteiger partial charge in [0.2, 0.25) is 0 Å². The summed E-state index contributed by atoms with van der Waals surface area (Å²) in [4.78, 5) is 19.0. The Morgan fingerprint density at radius 1 is 1.00 bits per heavy atom. The number of rotatable bonds is 5. The first-order chi connectivity index (χ1) is 12.3. The molecule has 0 unspecified atom stereocenters. The molecule has 0 saturated heterocycles. The molecule has 5 nitrogen and oxygen atoms in total. The van der Waals surface area contributed by atoms with Gasteiger partial charge in [-0.25, -0.2) is 4.79 Å². The van der Waals surface area contributed by atoms with E-state index in [1.165, 1.54) is 0 Å². The van der Waals surface area contributed by atoms with Crippen LogP contribution in [0.15, 0.2) is 60.9 Å². The molecule has 0 fully saturated rings. The number of H-pyrrole nitrogens is 2. The molecule has 25 heavy (non-hydrogen) atoms. The number of carbonyl (C=O) groups is 1. The summed E-state index contributed by atoms with van der Waals surface area (Å²) in [6.07, 6.45) is 4.23. The van der Waals surface area contributed by atoms with Crippen molar-refractivity contribution in [2.75, 3.05) is 7.05 Å². The van der Waals surface area contributed by atoms with E-state index in [0.717, 1.165) is 27.4 Å². The summed E-state index contributed by atoms with van der Waals surface area (Å²) in [6, 6.07) is 15.4. The molecule has 4 rings (SSSR count). The summed E-state index contributed by atoms with van der Waals surface area (Å²) in [5.41, 5.74) is 3.10. The zero-order chi connectivity index (χ0) is 17.2. The fourth-order valence-corrected chi connectivity index (χ4v) is 3.13. The van der Waals surface area contributed by atoms with E-state index >= 15 is 0 Å². The first kappa shape index (κ1) is 15.5. The van der Waals surface area contributed by atoms with Crippen LogP contribution in [0.4, 0.5) is 0 Å². The lowest BCUT2D eigenvalue weighted by Gasteiger charge is -2.14. The van der Waals surface area contributed by atoms with Crippen LogP contribution in [0.25, 0.3) is 21.8 Å². The van der Waals surface area contributed by atoms with Crippen LogP contribution in [0.5, 0.6) is 5.75 Å². The van der Waals surface area contributed by atoms with Crippen LogP contribution in [0.2, 0.25) is 0 Å². The number of ether oxygens (including phenoxy) is 1. The number of benzene rings is 2. The Bertz CT molecular complexity index is 1030. The van der Waals surface area contributed by atoms with E-state index in [1.807, 2.05) is 48.7 Å². The molecule has 0 bridgehead atoms. The number of aromatic nitrogens is 2. The summed E-state index contributed by atoms with van der Waals surface area (Å²) < 4.78 is 5.64. The predicted octanol–water partition coefficient (Wildman–Crippen LogP) is 3.39. The molecule has 1 atom stereocenters. The van der Waals surface area contributed by atoms with Crippen molar-refractivity contribution < 1.29 is 9.53 Å². The van der Waals surface area contributed by atoms with Crippen LogP contribution < -0.4 is 10.1 Å². The van der Waals surface area contributed by atoms with Gasteiger partial charge in [0.05, 0.1) is 0 Å². The number of esters is 1. The highest BCUT2D eigenvalue weighted by Gasteiger charge is 2.22. The Kier molecular flexibility index (Phi) is 3.99. The van der Waals surface area contributed by atoms with Gasteiger partial charge in [-0.2, -0.15) is 0 Å². The van der Waals surface area contributed by atoms with E-state index < -0.39 is 6.04 Å². The first-order valence-corrected chi connectivity index (χ1v) is 8.26. The maximum atomic E-state index is 12.6. The van der Waals surface area contributed by atoms with E-state index in [9.17, 15) is 4.79 Å². The molecule has 2 heterocycles. The van der Waals surface area contributed by atoms with Crippen molar-refractivity contribution in [3.63, 3.8) is 0 Å². The molecule has 0 aliphatic rings. The van der Waals surface area contributed by atoms with E-state index in [2.05, 4.69) is 21.4 Å². The second-order valence-electron chi connectivity index (χ2n) is 6.02. The van der Waals surface area contributed by atoms with Crippen molar-refractivity contribution in [1.29, 1.82) is 0 Å². The normalized spacial score (nSPS) is 12.5. The summed E-state index contributed by atoms with van der Waals surface area (Å²) in [5, 5.41) is 5.09. The molecule has 0 aliphatic heterocycles. The van der Waals surface area contributed by atoms with Crippen LogP contribution in [0, 0.1) is 0 Å². The number of hydrogen-bond donors (Lipinski definition) is 3. The molecule has 0 saturated carbocycles. The number of likely N-dealkylation sites (N-methyl/N-ethyl adjacent to an activating group) is 1. The van der Waals surface area contributed by atoms with E-state index in [4.69, 9.17) is 4.74 Å². The minimum atomic E-state index is -0.423. The van der Waals surface area contributed by atoms with Crippen LogP contribution in [0.3, 0.4) is 0 Å². The highest BCUT2D eigenvalue weighted by molar-refractivity contribution is 5.90. The lowest BCUT2D eigenvalue weighted by molar-refractivity contribution is -0.136. The number of fused-ring (bicyclic) bond motifs is 2. The van der Waals surface area contributed by atoms with Gasteiger partial charge in [-0.3, -0.25) is 0 Å². The Morgan fingerprint density at radius 3 is 2.40 bits per heavy atom. The highest BCUT2D eigenvalue weighted by atomic mass is 16.5. The number of aromatic amines is 2. The van der Waals surface area contributed by atoms with Gasteiger partial charge in [-0.15, -0.1) is 0 Å². The molecule has 126 valence electrons. The minimum absolute atomic E-state index is 0.294. The average Bonchev–Trinajstić information content (AvgIpc) is 3.24. The highest BCUT2D eigenvalue weighted by Crippen LogP contribution is 2.26. The van der Waals surface area contributed by atoms with Crippen LogP contribution in [-0.2, 0) is 11.2 Å². The van der Waals surface area contributed by atoms with Crippen molar-refractivity contribution in [3.8, 4) is 5.75 Å². The molecule has 4 aromatic rings. The number of carbonyl (C=O) groups excluding carboxylic acids is 1. The van der Waals surface area contributed by atoms with Crippen molar-refractivity contribution >= 4 is 27.8 Å². The van der Waals surface area contributed by atoms with Gasteiger partial charge >= 0.3 is 5.97 Å². The Labute approximate surface area is 145 Å². The zero-order valence-corrected chi connectivity index (χ0v) is 13.9. The monoisotopic (exact) mass is 333 g/mol. The Balaban J connectivity index is 1.55. The summed E-state index contributed by atoms with van der Waals surface area (Å²) in [7, 11) is 1.77. The van der Waals surface area contributed by atoms with Crippen molar-refractivity contribution in [1.82, 2.24) is 15.3 Å². The third-order valence-corrected chi connectivity index (χ3v) is 4.49. The third-order valence-electron chi connectivity index (χ3n) is 4.49. The number of para-hydroxylation sites is 2. The lowest BCUT2D eigenvalue weighted by Crippen LogP contribution is -2.39. The van der Waals surface area contributed by atoms with Gasteiger partial charge in [-0.1, -0.05) is 30.3 Å². The largest absolute Gasteiger partial charge is 0.423 e. The van der Waals surface area contributed by atoms with Crippen LogP contribution >= 0.6 is 0 Å². The molecular weight excluding hydrogens is 314 g/mol. The molecule has 0 amide bonds. The van der Waals surface area contributed by atoms with Gasteiger partial charge in [0.25, 0.3) is 0 Å². The van der Waals surface area contributed by atoms with Crippen molar-refractivity contribution in [2.24, 2.45) is 0 Å². The molecule has 0 radical (unpaired) electrons. The molecule has 5 heteroatoms. The molecule has 2 aromatic carbocycles. The third kappa shape index (κ3) is 2.90. The smallest absolute Gasteiger partial charge is 0.328 e.